The summed E-state index contributed by atoms with van der Waals surface area (Å²) in [6.07, 6.45) is 0. The summed E-state index contributed by atoms with van der Waals surface area (Å²) in [6.45, 7) is 5.74. The van der Waals surface area contributed by atoms with Gasteiger partial charge in [-0.1, -0.05) is 29.8 Å². The van der Waals surface area contributed by atoms with Gasteiger partial charge in [0.05, 0.1) is 0 Å². The molecule has 2 aromatic rings. The van der Waals surface area contributed by atoms with Crippen molar-refractivity contribution in [2.24, 2.45) is 0 Å². The van der Waals surface area contributed by atoms with E-state index in [0.29, 0.717) is 18.1 Å². The zero-order valence-electron chi connectivity index (χ0n) is 12.2. The molecule has 4 nitrogen and oxygen atoms in total. The van der Waals surface area contributed by atoms with Crippen LogP contribution in [0.3, 0.4) is 0 Å². The summed E-state index contributed by atoms with van der Waals surface area (Å²) in [4.78, 5) is 0.241. The Kier molecular flexibility index (Phi) is 4.01. The maximum Gasteiger partial charge on any atom is 0.246 e. The van der Waals surface area contributed by atoms with Crippen molar-refractivity contribution in [2.75, 3.05) is 7.05 Å². The van der Waals surface area contributed by atoms with E-state index in [9.17, 15) is 8.42 Å². The van der Waals surface area contributed by atoms with E-state index in [1.165, 1.54) is 4.31 Å². The molecule has 0 aliphatic heterocycles. The van der Waals surface area contributed by atoms with Crippen LogP contribution in [-0.2, 0) is 16.6 Å². The summed E-state index contributed by atoms with van der Waals surface area (Å²) < 4.78 is 31.7. The van der Waals surface area contributed by atoms with Crippen molar-refractivity contribution in [1.82, 2.24) is 4.31 Å². The number of nitrogens with zero attached hydrogens (tertiary/aromatic N) is 1. The lowest BCUT2D eigenvalue weighted by atomic mass is 10.1. The number of hydrogen-bond acceptors (Lipinski definition) is 3. The van der Waals surface area contributed by atoms with Gasteiger partial charge >= 0.3 is 0 Å². The molecule has 0 amide bonds. The predicted molar refractivity (Wildman–Crippen MR) is 78.0 cm³/mol. The third-order valence-corrected chi connectivity index (χ3v) is 5.08. The van der Waals surface area contributed by atoms with Crippen LogP contribution < -0.4 is 0 Å². The van der Waals surface area contributed by atoms with E-state index >= 15 is 0 Å². The summed E-state index contributed by atoms with van der Waals surface area (Å²) in [7, 11) is -1.94. The fraction of sp³-hybridized carbons (Fsp3) is 0.333. The Hall–Kier alpha value is -1.59. The molecule has 0 bridgehead atoms. The van der Waals surface area contributed by atoms with Gasteiger partial charge in [-0.25, -0.2) is 8.42 Å². The Morgan fingerprint density at radius 1 is 1.15 bits per heavy atom. The van der Waals surface area contributed by atoms with Crippen molar-refractivity contribution in [3.63, 3.8) is 0 Å². The molecule has 0 aliphatic rings. The standard InChI is InChI=1S/C15H19NO3S/c1-11-6-5-7-14(8-11)10-16(4)20(17,18)15-9-12(2)19-13(15)3/h5-9H,10H2,1-4H3. The number of aryl methyl sites for hydroxylation is 3. The van der Waals surface area contributed by atoms with Gasteiger partial charge in [0.25, 0.3) is 0 Å². The number of sulfonamides is 1. The van der Waals surface area contributed by atoms with Crippen molar-refractivity contribution in [2.45, 2.75) is 32.2 Å². The van der Waals surface area contributed by atoms with Crippen LogP contribution in [0.5, 0.6) is 0 Å². The lowest BCUT2D eigenvalue weighted by Crippen LogP contribution is -2.26. The molecule has 0 saturated carbocycles. The second kappa shape index (κ2) is 5.42. The minimum absolute atomic E-state index is 0.241. The summed E-state index contributed by atoms with van der Waals surface area (Å²) >= 11 is 0. The number of furan rings is 1. The molecule has 0 spiro atoms. The van der Waals surface area contributed by atoms with Gasteiger partial charge in [0.15, 0.2) is 0 Å². The first-order valence-corrected chi connectivity index (χ1v) is 7.83. The van der Waals surface area contributed by atoms with Crippen LogP contribution in [-0.4, -0.2) is 19.8 Å². The van der Waals surface area contributed by atoms with Gasteiger partial charge in [0.1, 0.15) is 16.4 Å². The quantitative estimate of drug-likeness (QED) is 0.870. The van der Waals surface area contributed by atoms with Crippen molar-refractivity contribution < 1.29 is 12.8 Å². The maximum absolute atomic E-state index is 12.5. The van der Waals surface area contributed by atoms with Crippen LogP contribution in [0.2, 0.25) is 0 Å². The summed E-state index contributed by atoms with van der Waals surface area (Å²) in [5.41, 5.74) is 2.08. The molecule has 0 unspecified atom stereocenters. The Morgan fingerprint density at radius 2 is 1.85 bits per heavy atom. The lowest BCUT2D eigenvalue weighted by Gasteiger charge is -2.17. The highest BCUT2D eigenvalue weighted by Crippen LogP contribution is 2.23. The first kappa shape index (κ1) is 14.8. The molecule has 0 aliphatic carbocycles. The third-order valence-electron chi connectivity index (χ3n) is 3.17. The Morgan fingerprint density at radius 3 is 2.40 bits per heavy atom. The fourth-order valence-corrected chi connectivity index (χ4v) is 3.56. The van der Waals surface area contributed by atoms with Gasteiger partial charge in [-0.3, -0.25) is 0 Å². The molecule has 1 aromatic carbocycles. The van der Waals surface area contributed by atoms with Crippen LogP contribution in [0.15, 0.2) is 39.6 Å². The number of hydrogen-bond donors (Lipinski definition) is 0. The van der Waals surface area contributed by atoms with Gasteiger partial charge in [-0.2, -0.15) is 4.31 Å². The van der Waals surface area contributed by atoms with Gasteiger partial charge < -0.3 is 4.42 Å². The van der Waals surface area contributed by atoms with E-state index in [1.54, 1.807) is 27.0 Å². The minimum atomic E-state index is -3.52. The maximum atomic E-state index is 12.5. The largest absolute Gasteiger partial charge is 0.465 e. The average Bonchev–Trinajstić information content (AvgIpc) is 2.69. The van der Waals surface area contributed by atoms with Crippen LogP contribution in [0, 0.1) is 20.8 Å². The van der Waals surface area contributed by atoms with Crippen molar-refractivity contribution in [1.29, 1.82) is 0 Å². The smallest absolute Gasteiger partial charge is 0.246 e. The van der Waals surface area contributed by atoms with Gasteiger partial charge in [0.2, 0.25) is 10.0 Å². The predicted octanol–water partition coefficient (Wildman–Crippen LogP) is 3.03. The van der Waals surface area contributed by atoms with E-state index < -0.39 is 10.0 Å². The van der Waals surface area contributed by atoms with Crippen LogP contribution >= 0.6 is 0 Å². The fourth-order valence-electron chi connectivity index (χ4n) is 2.18. The molecule has 1 heterocycles. The topological polar surface area (TPSA) is 50.5 Å². The van der Waals surface area contributed by atoms with E-state index in [2.05, 4.69) is 0 Å². The Balaban J connectivity index is 2.28. The highest BCUT2D eigenvalue weighted by atomic mass is 32.2. The molecule has 0 atom stereocenters. The second-order valence-corrected chi connectivity index (χ2v) is 7.04. The SMILES string of the molecule is Cc1cccc(CN(C)S(=O)(=O)c2cc(C)oc2C)c1. The van der Waals surface area contributed by atoms with Crippen LogP contribution in [0.25, 0.3) is 0 Å². The van der Waals surface area contributed by atoms with Gasteiger partial charge in [-0.15, -0.1) is 0 Å². The highest BCUT2D eigenvalue weighted by Gasteiger charge is 2.25. The molecule has 0 fully saturated rings. The molecule has 2 rings (SSSR count). The average molecular weight is 293 g/mol. The minimum Gasteiger partial charge on any atom is -0.465 e. The molecule has 0 radical (unpaired) electrons. The monoisotopic (exact) mass is 293 g/mol. The van der Waals surface area contributed by atoms with E-state index in [1.807, 2.05) is 31.2 Å². The highest BCUT2D eigenvalue weighted by molar-refractivity contribution is 7.89. The molecule has 5 heteroatoms. The van der Waals surface area contributed by atoms with Crippen molar-refractivity contribution in [3.8, 4) is 0 Å². The van der Waals surface area contributed by atoms with Crippen LogP contribution in [0.1, 0.15) is 22.6 Å². The summed E-state index contributed by atoms with van der Waals surface area (Å²) in [6, 6.07) is 9.39. The molecule has 0 N–H and O–H groups in total. The first-order chi connectivity index (χ1) is 9.30. The molecular formula is C15H19NO3S. The van der Waals surface area contributed by atoms with Gasteiger partial charge in [0, 0.05) is 13.6 Å². The zero-order valence-corrected chi connectivity index (χ0v) is 13.0. The second-order valence-electron chi connectivity index (χ2n) is 5.03. The van der Waals surface area contributed by atoms with Crippen molar-refractivity contribution >= 4 is 10.0 Å². The lowest BCUT2D eigenvalue weighted by molar-refractivity contribution is 0.459. The molecule has 20 heavy (non-hydrogen) atoms. The third kappa shape index (κ3) is 2.94. The molecular weight excluding hydrogens is 274 g/mol. The molecule has 1 aromatic heterocycles. The molecule has 0 saturated heterocycles. The van der Waals surface area contributed by atoms with E-state index in [-0.39, 0.29) is 4.90 Å². The van der Waals surface area contributed by atoms with E-state index in [4.69, 9.17) is 4.42 Å². The Labute approximate surface area is 120 Å². The zero-order chi connectivity index (χ0) is 14.9. The van der Waals surface area contributed by atoms with Crippen molar-refractivity contribution in [3.05, 3.63) is 53.0 Å². The van der Waals surface area contributed by atoms with E-state index in [0.717, 1.165) is 11.1 Å². The Bertz CT molecular complexity index is 716. The number of benzene rings is 1. The molecule has 108 valence electrons. The summed E-state index contributed by atoms with van der Waals surface area (Å²) in [5, 5.41) is 0. The number of rotatable bonds is 4. The van der Waals surface area contributed by atoms with Crippen LogP contribution in [0.4, 0.5) is 0 Å². The summed E-state index contributed by atoms with van der Waals surface area (Å²) in [5.74, 6) is 1.03. The van der Waals surface area contributed by atoms with Gasteiger partial charge in [-0.05, 0) is 32.4 Å². The normalized spacial score (nSPS) is 12.1. The first-order valence-electron chi connectivity index (χ1n) is 6.39.